The van der Waals surface area contributed by atoms with E-state index in [1.807, 2.05) is 6.92 Å². The van der Waals surface area contributed by atoms with Crippen molar-refractivity contribution in [2.24, 2.45) is 0 Å². The lowest BCUT2D eigenvalue weighted by molar-refractivity contribution is -0.137. The highest BCUT2D eigenvalue weighted by atomic mass is 35.5. The number of nitrogens with zero attached hydrogens (tertiary/aromatic N) is 1. The minimum atomic E-state index is -4.42. The molecule has 2 nitrogen and oxygen atoms in total. The SMILES string of the molecule is C=CCNCC(C)Sc1ncc(C(F)(F)F)cc1Cl. The number of alkyl halides is 3. The summed E-state index contributed by atoms with van der Waals surface area (Å²) in [6, 6.07) is 0.904. The van der Waals surface area contributed by atoms with Gasteiger partial charge >= 0.3 is 6.18 Å². The molecule has 7 heteroatoms. The number of rotatable bonds is 6. The number of aromatic nitrogens is 1. The van der Waals surface area contributed by atoms with Crippen LogP contribution < -0.4 is 5.32 Å². The fourth-order valence-corrected chi connectivity index (χ4v) is 2.46. The number of pyridine rings is 1. The standard InChI is InChI=1S/C12H14ClF3N2S/c1-3-4-17-6-8(2)19-11-10(13)5-9(7-18-11)12(14,15)16/h3,5,7-8,17H,1,4,6H2,2H3. The minimum absolute atomic E-state index is 0.0235. The molecular weight excluding hydrogens is 297 g/mol. The Morgan fingerprint density at radius 1 is 1.58 bits per heavy atom. The molecule has 0 amide bonds. The number of thioether (sulfide) groups is 1. The van der Waals surface area contributed by atoms with Gasteiger partial charge in [0.1, 0.15) is 5.03 Å². The zero-order valence-electron chi connectivity index (χ0n) is 10.3. The first-order chi connectivity index (χ1) is 8.84. The van der Waals surface area contributed by atoms with Crippen LogP contribution in [0.15, 0.2) is 29.9 Å². The predicted octanol–water partition coefficient (Wildman–Crippen LogP) is 4.01. The molecule has 0 aliphatic carbocycles. The van der Waals surface area contributed by atoms with Gasteiger partial charge in [-0.3, -0.25) is 0 Å². The Kier molecular flexibility index (Phi) is 6.16. The molecule has 0 spiro atoms. The molecular formula is C12H14ClF3N2S. The molecule has 1 unspecified atom stereocenters. The third-order valence-corrected chi connectivity index (χ3v) is 3.69. The monoisotopic (exact) mass is 310 g/mol. The second-order valence-electron chi connectivity index (χ2n) is 3.88. The van der Waals surface area contributed by atoms with Crippen molar-refractivity contribution >= 4 is 23.4 Å². The van der Waals surface area contributed by atoms with Crippen LogP contribution in [0.25, 0.3) is 0 Å². The number of nitrogens with one attached hydrogen (secondary N) is 1. The normalized spacial score (nSPS) is 13.3. The van der Waals surface area contributed by atoms with Crippen LogP contribution in [0.4, 0.5) is 13.2 Å². The molecule has 0 fully saturated rings. The van der Waals surface area contributed by atoms with Gasteiger partial charge < -0.3 is 5.32 Å². The van der Waals surface area contributed by atoms with Crippen molar-refractivity contribution in [2.75, 3.05) is 13.1 Å². The summed E-state index contributed by atoms with van der Waals surface area (Å²) in [6.07, 6.45) is -1.88. The third-order valence-electron chi connectivity index (χ3n) is 2.17. The number of hydrogen-bond acceptors (Lipinski definition) is 3. The highest BCUT2D eigenvalue weighted by molar-refractivity contribution is 8.00. The van der Waals surface area contributed by atoms with Crippen molar-refractivity contribution in [1.82, 2.24) is 10.3 Å². The Morgan fingerprint density at radius 2 is 2.26 bits per heavy atom. The fraction of sp³-hybridized carbons (Fsp3) is 0.417. The molecule has 0 aliphatic heterocycles. The topological polar surface area (TPSA) is 24.9 Å². The zero-order chi connectivity index (χ0) is 14.5. The first-order valence-corrected chi connectivity index (χ1v) is 6.81. The van der Waals surface area contributed by atoms with Crippen LogP contribution in [0.5, 0.6) is 0 Å². The molecule has 0 aromatic carbocycles. The van der Waals surface area contributed by atoms with E-state index in [4.69, 9.17) is 11.6 Å². The molecule has 1 heterocycles. The lowest BCUT2D eigenvalue weighted by Crippen LogP contribution is -2.22. The fourth-order valence-electron chi connectivity index (χ4n) is 1.29. The minimum Gasteiger partial charge on any atom is -0.312 e. The van der Waals surface area contributed by atoms with Gasteiger partial charge in [-0.25, -0.2) is 4.98 Å². The maximum absolute atomic E-state index is 12.4. The Balaban J connectivity index is 2.67. The second kappa shape index (κ2) is 7.17. The van der Waals surface area contributed by atoms with Crippen molar-refractivity contribution in [3.63, 3.8) is 0 Å². The summed E-state index contributed by atoms with van der Waals surface area (Å²) in [6.45, 7) is 6.89. The van der Waals surface area contributed by atoms with E-state index >= 15 is 0 Å². The van der Waals surface area contributed by atoms with Gasteiger partial charge in [-0.2, -0.15) is 13.2 Å². The predicted molar refractivity (Wildman–Crippen MR) is 72.6 cm³/mol. The van der Waals surface area contributed by atoms with Crippen molar-refractivity contribution in [2.45, 2.75) is 23.4 Å². The maximum Gasteiger partial charge on any atom is 0.417 e. The van der Waals surface area contributed by atoms with Crippen molar-refractivity contribution in [3.8, 4) is 0 Å². The van der Waals surface area contributed by atoms with Crippen LogP contribution in [0.2, 0.25) is 5.02 Å². The van der Waals surface area contributed by atoms with Crippen LogP contribution in [-0.4, -0.2) is 23.3 Å². The molecule has 0 aliphatic rings. The van der Waals surface area contributed by atoms with Crippen molar-refractivity contribution < 1.29 is 13.2 Å². The van der Waals surface area contributed by atoms with Crippen LogP contribution in [-0.2, 0) is 6.18 Å². The van der Waals surface area contributed by atoms with E-state index in [0.29, 0.717) is 18.1 Å². The lowest BCUT2D eigenvalue weighted by atomic mass is 10.3. The highest BCUT2D eigenvalue weighted by Crippen LogP contribution is 2.34. The van der Waals surface area contributed by atoms with Crippen LogP contribution in [0, 0.1) is 0 Å². The van der Waals surface area contributed by atoms with E-state index in [1.165, 1.54) is 11.8 Å². The third kappa shape index (κ3) is 5.42. The average molecular weight is 311 g/mol. The molecule has 0 saturated carbocycles. The number of halogens is 4. The largest absolute Gasteiger partial charge is 0.417 e. The van der Waals surface area contributed by atoms with Crippen molar-refractivity contribution in [3.05, 3.63) is 35.5 Å². The molecule has 0 radical (unpaired) electrons. The molecule has 106 valence electrons. The molecule has 1 aromatic heterocycles. The Hall–Kier alpha value is -0.720. The van der Waals surface area contributed by atoms with Crippen molar-refractivity contribution in [1.29, 1.82) is 0 Å². The van der Waals surface area contributed by atoms with E-state index < -0.39 is 11.7 Å². The van der Waals surface area contributed by atoms with Crippen LogP contribution in [0.3, 0.4) is 0 Å². The van der Waals surface area contributed by atoms with E-state index in [1.54, 1.807) is 6.08 Å². The van der Waals surface area contributed by atoms with Crippen LogP contribution in [0.1, 0.15) is 12.5 Å². The molecule has 1 aromatic rings. The Labute approximate surface area is 119 Å². The van der Waals surface area contributed by atoms with E-state index in [9.17, 15) is 13.2 Å². The van der Waals surface area contributed by atoms with Gasteiger partial charge in [0, 0.05) is 24.5 Å². The lowest BCUT2D eigenvalue weighted by Gasteiger charge is -2.13. The summed E-state index contributed by atoms with van der Waals surface area (Å²) in [4.78, 5) is 3.78. The Bertz CT molecular complexity index is 437. The zero-order valence-corrected chi connectivity index (χ0v) is 11.9. The number of hydrogen-bond donors (Lipinski definition) is 1. The maximum atomic E-state index is 12.4. The first-order valence-electron chi connectivity index (χ1n) is 5.55. The second-order valence-corrected chi connectivity index (χ2v) is 5.72. The van der Waals surface area contributed by atoms with Gasteiger partial charge in [0.25, 0.3) is 0 Å². The van der Waals surface area contributed by atoms with E-state index in [2.05, 4.69) is 16.9 Å². The summed E-state index contributed by atoms with van der Waals surface area (Å²) in [5.74, 6) is 0. The molecule has 19 heavy (non-hydrogen) atoms. The Morgan fingerprint density at radius 3 is 2.79 bits per heavy atom. The molecule has 0 bridgehead atoms. The molecule has 1 N–H and O–H groups in total. The van der Waals surface area contributed by atoms with Gasteiger partial charge in [-0.1, -0.05) is 24.6 Å². The van der Waals surface area contributed by atoms with Crippen LogP contribution >= 0.6 is 23.4 Å². The molecule has 0 saturated heterocycles. The van der Waals surface area contributed by atoms with Gasteiger partial charge in [0.15, 0.2) is 0 Å². The summed E-state index contributed by atoms with van der Waals surface area (Å²) in [5, 5.41) is 3.69. The first kappa shape index (κ1) is 16.3. The van der Waals surface area contributed by atoms with Gasteiger partial charge in [0.2, 0.25) is 0 Å². The molecule has 1 rings (SSSR count). The summed E-state index contributed by atoms with van der Waals surface area (Å²) in [5.41, 5.74) is -0.834. The average Bonchev–Trinajstić information content (AvgIpc) is 2.31. The van der Waals surface area contributed by atoms with Gasteiger partial charge in [-0.05, 0) is 6.07 Å². The quantitative estimate of drug-likeness (QED) is 0.488. The summed E-state index contributed by atoms with van der Waals surface area (Å²) < 4.78 is 37.3. The van der Waals surface area contributed by atoms with E-state index in [0.717, 1.165) is 12.3 Å². The highest BCUT2D eigenvalue weighted by Gasteiger charge is 2.31. The summed E-state index contributed by atoms with van der Waals surface area (Å²) >= 11 is 7.15. The molecule has 1 atom stereocenters. The van der Waals surface area contributed by atoms with Gasteiger partial charge in [0.05, 0.1) is 10.6 Å². The smallest absolute Gasteiger partial charge is 0.312 e. The van der Waals surface area contributed by atoms with Gasteiger partial charge in [-0.15, -0.1) is 18.3 Å². The summed E-state index contributed by atoms with van der Waals surface area (Å²) in [7, 11) is 0. The van der Waals surface area contributed by atoms with E-state index in [-0.39, 0.29) is 10.3 Å².